The summed E-state index contributed by atoms with van der Waals surface area (Å²) in [6.45, 7) is 0. The third-order valence-corrected chi connectivity index (χ3v) is 1.30. The third-order valence-electron chi connectivity index (χ3n) is 1.30. The summed E-state index contributed by atoms with van der Waals surface area (Å²) in [6.07, 6.45) is 0.686. The third kappa shape index (κ3) is 1.68. The summed E-state index contributed by atoms with van der Waals surface area (Å²) in [5.41, 5.74) is 12.1. The molecule has 0 aliphatic carbocycles. The van der Waals surface area contributed by atoms with Crippen molar-refractivity contribution in [2.24, 2.45) is 0 Å². The van der Waals surface area contributed by atoms with Crippen LogP contribution in [0.25, 0.3) is 0 Å². The summed E-state index contributed by atoms with van der Waals surface area (Å²) >= 11 is 0. The lowest BCUT2D eigenvalue weighted by molar-refractivity contribution is 0.112. The molecule has 0 aromatic heterocycles. The zero-order valence-corrected chi connectivity index (χ0v) is 5.87. The zero-order chi connectivity index (χ0) is 7.56. The molecule has 0 heterocycles. The van der Waals surface area contributed by atoms with Crippen LogP contribution in [0.4, 0.5) is 11.4 Å². The molecule has 1 aromatic rings. The van der Waals surface area contributed by atoms with Crippen molar-refractivity contribution < 1.29 is 10.3 Å². The predicted octanol–water partition coefficient (Wildman–Crippen LogP) is -0.161. The van der Waals surface area contributed by atoms with Gasteiger partial charge in [-0.3, -0.25) is 4.79 Å². The molecule has 0 amide bonds. The van der Waals surface area contributed by atoms with Crippen molar-refractivity contribution >= 4 is 17.7 Å². The monoisotopic (exact) mass is 154 g/mol. The number of carbonyl (C=O) groups is 1. The molecule has 0 aliphatic rings. The van der Waals surface area contributed by atoms with Crippen molar-refractivity contribution in [1.29, 1.82) is 0 Å². The largest absolute Gasteiger partial charge is 0.412 e. The molecule has 60 valence electrons. The van der Waals surface area contributed by atoms with Crippen molar-refractivity contribution in [3.8, 4) is 0 Å². The second-order valence-corrected chi connectivity index (χ2v) is 1.97. The molecule has 0 fully saturated rings. The van der Waals surface area contributed by atoms with Crippen LogP contribution in [0, 0.1) is 0 Å². The highest BCUT2D eigenvalue weighted by Gasteiger charge is 1.98. The van der Waals surface area contributed by atoms with Gasteiger partial charge in [-0.2, -0.15) is 0 Å². The molecule has 4 nitrogen and oxygen atoms in total. The van der Waals surface area contributed by atoms with Gasteiger partial charge < -0.3 is 16.9 Å². The molecule has 0 bridgehead atoms. The minimum atomic E-state index is 0. The van der Waals surface area contributed by atoms with Crippen molar-refractivity contribution in [2.45, 2.75) is 0 Å². The summed E-state index contributed by atoms with van der Waals surface area (Å²) < 4.78 is 0. The molecule has 4 heteroatoms. The van der Waals surface area contributed by atoms with Crippen molar-refractivity contribution in [1.82, 2.24) is 0 Å². The Morgan fingerprint density at radius 2 is 1.91 bits per heavy atom. The first-order chi connectivity index (χ1) is 4.75. The molecular formula is C7H10N2O2. The number of para-hydroxylation sites is 1. The van der Waals surface area contributed by atoms with Crippen molar-refractivity contribution in [3.05, 3.63) is 23.8 Å². The number of carbonyl (C=O) groups excluding carboxylic acids is 1. The van der Waals surface area contributed by atoms with Crippen LogP contribution < -0.4 is 11.5 Å². The number of benzene rings is 1. The number of nitrogens with two attached hydrogens (primary N) is 2. The molecule has 6 N–H and O–H groups in total. The van der Waals surface area contributed by atoms with E-state index >= 15 is 0 Å². The number of rotatable bonds is 1. The standard InChI is InChI=1S/C7H8N2O.H2O/c8-6-3-1-2-5(4-10)7(6)9;/h1-4H,8-9H2;1H2. The molecule has 0 unspecified atom stereocenters. The van der Waals surface area contributed by atoms with E-state index < -0.39 is 0 Å². The predicted molar refractivity (Wildman–Crippen MR) is 44.3 cm³/mol. The summed E-state index contributed by atoms with van der Waals surface area (Å²) in [5.74, 6) is 0. The highest BCUT2D eigenvalue weighted by molar-refractivity contribution is 5.88. The van der Waals surface area contributed by atoms with Gasteiger partial charge in [-0.15, -0.1) is 0 Å². The van der Waals surface area contributed by atoms with Gasteiger partial charge in [0.1, 0.15) is 0 Å². The van der Waals surface area contributed by atoms with Crippen LogP contribution in [0.15, 0.2) is 18.2 Å². The van der Waals surface area contributed by atoms with Crippen molar-refractivity contribution in [3.63, 3.8) is 0 Å². The Morgan fingerprint density at radius 1 is 1.27 bits per heavy atom. The number of hydrogen-bond acceptors (Lipinski definition) is 3. The zero-order valence-electron chi connectivity index (χ0n) is 5.87. The van der Waals surface area contributed by atoms with Crippen LogP contribution in [0.3, 0.4) is 0 Å². The summed E-state index contributed by atoms with van der Waals surface area (Å²) in [6, 6.07) is 4.97. The van der Waals surface area contributed by atoms with Gasteiger partial charge in [0.25, 0.3) is 0 Å². The number of hydrogen-bond donors (Lipinski definition) is 2. The number of aldehydes is 1. The van der Waals surface area contributed by atoms with E-state index in [1.54, 1.807) is 18.2 Å². The molecule has 0 radical (unpaired) electrons. The molecule has 0 aliphatic heterocycles. The van der Waals surface area contributed by atoms with Crippen LogP contribution in [0.2, 0.25) is 0 Å². The van der Waals surface area contributed by atoms with E-state index in [9.17, 15) is 4.79 Å². The average Bonchev–Trinajstić information content (AvgIpc) is 1.95. The van der Waals surface area contributed by atoms with Crippen LogP contribution in [0.1, 0.15) is 10.4 Å². The maximum absolute atomic E-state index is 10.2. The normalized spacial score (nSPS) is 8.36. The molecular weight excluding hydrogens is 144 g/mol. The first-order valence-electron chi connectivity index (χ1n) is 2.85. The highest BCUT2D eigenvalue weighted by Crippen LogP contribution is 2.16. The van der Waals surface area contributed by atoms with E-state index in [-0.39, 0.29) is 5.48 Å². The van der Waals surface area contributed by atoms with E-state index in [1.807, 2.05) is 0 Å². The van der Waals surface area contributed by atoms with E-state index in [2.05, 4.69) is 0 Å². The molecule has 0 saturated heterocycles. The fourth-order valence-corrected chi connectivity index (χ4v) is 0.704. The van der Waals surface area contributed by atoms with Crippen LogP contribution in [-0.4, -0.2) is 11.8 Å². The molecule has 0 saturated carbocycles. The van der Waals surface area contributed by atoms with Gasteiger partial charge in [0.05, 0.1) is 11.4 Å². The van der Waals surface area contributed by atoms with E-state index in [4.69, 9.17) is 11.5 Å². The summed E-state index contributed by atoms with van der Waals surface area (Å²) in [7, 11) is 0. The van der Waals surface area contributed by atoms with Gasteiger partial charge in [0.2, 0.25) is 0 Å². The lowest BCUT2D eigenvalue weighted by atomic mass is 10.2. The van der Waals surface area contributed by atoms with Gasteiger partial charge in [-0.25, -0.2) is 0 Å². The highest BCUT2D eigenvalue weighted by atomic mass is 16.1. The first-order valence-corrected chi connectivity index (χ1v) is 2.85. The average molecular weight is 154 g/mol. The van der Waals surface area contributed by atoms with E-state index in [0.717, 1.165) is 0 Å². The maximum atomic E-state index is 10.2. The minimum Gasteiger partial charge on any atom is -0.412 e. The Morgan fingerprint density at radius 3 is 2.36 bits per heavy atom. The van der Waals surface area contributed by atoms with E-state index in [0.29, 0.717) is 23.2 Å². The SMILES string of the molecule is Nc1cccc(C=O)c1N.O. The summed E-state index contributed by atoms with van der Waals surface area (Å²) in [5, 5.41) is 0. The second kappa shape index (κ2) is 3.58. The van der Waals surface area contributed by atoms with E-state index in [1.165, 1.54) is 0 Å². The van der Waals surface area contributed by atoms with Gasteiger partial charge in [-0.1, -0.05) is 6.07 Å². The smallest absolute Gasteiger partial charge is 0.152 e. The molecule has 1 rings (SSSR count). The van der Waals surface area contributed by atoms with Gasteiger partial charge in [-0.05, 0) is 12.1 Å². The summed E-state index contributed by atoms with van der Waals surface area (Å²) in [4.78, 5) is 10.2. The number of nitrogen functional groups attached to an aromatic ring is 2. The fourth-order valence-electron chi connectivity index (χ4n) is 0.704. The van der Waals surface area contributed by atoms with Gasteiger partial charge in [0.15, 0.2) is 6.29 Å². The minimum absolute atomic E-state index is 0. The number of anilines is 2. The quantitative estimate of drug-likeness (QED) is 0.434. The van der Waals surface area contributed by atoms with Crippen molar-refractivity contribution in [2.75, 3.05) is 11.5 Å². The lowest BCUT2D eigenvalue weighted by Crippen LogP contribution is -1.98. The molecule has 0 atom stereocenters. The molecule has 0 spiro atoms. The van der Waals surface area contributed by atoms with Crippen LogP contribution in [-0.2, 0) is 0 Å². The lowest BCUT2D eigenvalue weighted by Gasteiger charge is -1.99. The van der Waals surface area contributed by atoms with Crippen LogP contribution in [0.5, 0.6) is 0 Å². The Balaban J connectivity index is 0.000001000. The Bertz CT molecular complexity index is 261. The topological polar surface area (TPSA) is 101 Å². The fraction of sp³-hybridized carbons (Fsp3) is 0. The van der Waals surface area contributed by atoms with Gasteiger partial charge in [0, 0.05) is 5.56 Å². The molecule has 11 heavy (non-hydrogen) atoms. The Kier molecular flexibility index (Phi) is 3.07. The van der Waals surface area contributed by atoms with Crippen LogP contribution >= 0.6 is 0 Å². The maximum Gasteiger partial charge on any atom is 0.152 e. The molecule has 1 aromatic carbocycles. The second-order valence-electron chi connectivity index (χ2n) is 1.97. The Labute approximate surface area is 64.1 Å². The van der Waals surface area contributed by atoms with Gasteiger partial charge >= 0.3 is 0 Å². The Hall–Kier alpha value is -1.55. The first kappa shape index (κ1) is 9.45.